The fourth-order valence-electron chi connectivity index (χ4n) is 2.28. The zero-order valence-corrected chi connectivity index (χ0v) is 14.8. The predicted molar refractivity (Wildman–Crippen MR) is 101 cm³/mol. The smallest absolute Gasteiger partial charge is 0.253 e. The van der Waals surface area contributed by atoms with Gasteiger partial charge in [0, 0.05) is 30.8 Å². The molecule has 0 fully saturated rings. The molecule has 3 rings (SSSR count). The lowest BCUT2D eigenvalue weighted by Crippen LogP contribution is -2.22. The van der Waals surface area contributed by atoms with Gasteiger partial charge in [-0.1, -0.05) is 11.6 Å². The van der Waals surface area contributed by atoms with E-state index in [4.69, 9.17) is 16.3 Å². The first kappa shape index (κ1) is 17.7. The van der Waals surface area contributed by atoms with Gasteiger partial charge in [-0.3, -0.25) is 9.78 Å². The van der Waals surface area contributed by atoms with E-state index in [9.17, 15) is 4.79 Å². The molecule has 2 heterocycles. The molecule has 1 aromatic carbocycles. The number of nitrogens with zero attached hydrogens (tertiary/aromatic N) is 2. The number of carbonyl (C=O) groups excluding carboxylic acids is 1. The van der Waals surface area contributed by atoms with Gasteiger partial charge in [0.25, 0.3) is 5.91 Å². The van der Waals surface area contributed by atoms with Gasteiger partial charge in [0.05, 0.1) is 17.7 Å². The molecule has 2 N–H and O–H groups in total. The largest absolute Gasteiger partial charge is 0.495 e. The number of hydrogen-bond donors (Lipinski definition) is 2. The number of nitrogens with one attached hydrogen (secondary N) is 2. The number of ether oxygens (including phenoxy) is 1. The van der Waals surface area contributed by atoms with Crippen LogP contribution in [-0.4, -0.2) is 23.0 Å². The van der Waals surface area contributed by atoms with Gasteiger partial charge in [-0.05, 0) is 48.0 Å². The van der Waals surface area contributed by atoms with Crippen LogP contribution in [0.3, 0.4) is 0 Å². The average molecular weight is 369 g/mol. The van der Waals surface area contributed by atoms with Crippen molar-refractivity contribution >= 4 is 29.0 Å². The van der Waals surface area contributed by atoms with Gasteiger partial charge in [-0.25, -0.2) is 4.98 Å². The first-order valence-corrected chi connectivity index (χ1v) is 8.27. The molecule has 0 saturated heterocycles. The average Bonchev–Trinajstić information content (AvgIpc) is 2.68. The molecule has 0 unspecified atom stereocenters. The van der Waals surface area contributed by atoms with Crippen LogP contribution in [0.15, 0.2) is 61.1 Å². The molecule has 3 aromatic rings. The Kier molecular flexibility index (Phi) is 5.66. The monoisotopic (exact) mass is 368 g/mol. The Balaban J connectivity index is 1.61. The van der Waals surface area contributed by atoms with Crippen molar-refractivity contribution in [3.8, 4) is 5.75 Å². The number of pyridine rings is 2. The highest BCUT2D eigenvalue weighted by atomic mass is 35.5. The van der Waals surface area contributed by atoms with Crippen LogP contribution in [0.25, 0.3) is 0 Å². The zero-order chi connectivity index (χ0) is 18.4. The van der Waals surface area contributed by atoms with E-state index in [0.717, 1.165) is 11.3 Å². The molecule has 0 atom stereocenters. The molecule has 0 saturated carbocycles. The second-order valence-electron chi connectivity index (χ2n) is 5.44. The zero-order valence-electron chi connectivity index (χ0n) is 14.1. The van der Waals surface area contributed by atoms with Crippen LogP contribution >= 0.6 is 11.6 Å². The number of anilines is 2. The Morgan fingerprint density at radius 3 is 2.62 bits per heavy atom. The summed E-state index contributed by atoms with van der Waals surface area (Å²) < 4.78 is 5.12. The van der Waals surface area contributed by atoms with Crippen LogP contribution in [-0.2, 0) is 6.54 Å². The van der Waals surface area contributed by atoms with E-state index < -0.39 is 0 Å². The van der Waals surface area contributed by atoms with E-state index in [2.05, 4.69) is 20.6 Å². The molecular formula is C19H17ClN4O2. The number of aromatic nitrogens is 2. The lowest BCUT2D eigenvalue weighted by atomic mass is 10.2. The Bertz CT molecular complexity index is 886. The molecule has 132 valence electrons. The molecule has 0 radical (unpaired) electrons. The van der Waals surface area contributed by atoms with Crippen molar-refractivity contribution in [2.45, 2.75) is 6.54 Å². The van der Waals surface area contributed by atoms with Gasteiger partial charge >= 0.3 is 0 Å². The van der Waals surface area contributed by atoms with Crippen molar-refractivity contribution < 1.29 is 9.53 Å². The highest BCUT2D eigenvalue weighted by molar-refractivity contribution is 6.32. The third-order valence-electron chi connectivity index (χ3n) is 3.65. The van der Waals surface area contributed by atoms with Crippen LogP contribution < -0.4 is 15.4 Å². The first-order chi connectivity index (χ1) is 12.7. The van der Waals surface area contributed by atoms with Gasteiger partial charge in [-0.2, -0.15) is 0 Å². The summed E-state index contributed by atoms with van der Waals surface area (Å²) in [5.41, 5.74) is 2.24. The van der Waals surface area contributed by atoms with Gasteiger partial charge in [0.15, 0.2) is 0 Å². The second kappa shape index (κ2) is 8.31. The molecule has 1 amide bonds. The fourth-order valence-corrected chi connectivity index (χ4v) is 2.54. The number of hydrogen-bond acceptors (Lipinski definition) is 5. The van der Waals surface area contributed by atoms with Crippen molar-refractivity contribution in [3.63, 3.8) is 0 Å². The van der Waals surface area contributed by atoms with Crippen molar-refractivity contribution in [1.82, 2.24) is 15.3 Å². The molecule has 7 heteroatoms. The molecule has 0 aliphatic heterocycles. The van der Waals surface area contributed by atoms with Gasteiger partial charge in [0.2, 0.25) is 0 Å². The molecule has 0 aliphatic rings. The molecule has 26 heavy (non-hydrogen) atoms. The van der Waals surface area contributed by atoms with Crippen LogP contribution in [0.4, 0.5) is 11.5 Å². The summed E-state index contributed by atoms with van der Waals surface area (Å²) in [6, 6.07) is 12.5. The van der Waals surface area contributed by atoms with Gasteiger partial charge in [0.1, 0.15) is 11.6 Å². The number of carbonyl (C=O) groups is 1. The Morgan fingerprint density at radius 1 is 1.15 bits per heavy atom. The van der Waals surface area contributed by atoms with E-state index in [1.165, 1.54) is 6.20 Å². The summed E-state index contributed by atoms with van der Waals surface area (Å²) in [5, 5.41) is 6.48. The van der Waals surface area contributed by atoms with Crippen molar-refractivity contribution in [2.75, 3.05) is 12.4 Å². The minimum absolute atomic E-state index is 0.187. The maximum absolute atomic E-state index is 12.2. The van der Waals surface area contributed by atoms with E-state index in [0.29, 0.717) is 28.7 Å². The van der Waals surface area contributed by atoms with E-state index in [-0.39, 0.29) is 5.91 Å². The summed E-state index contributed by atoms with van der Waals surface area (Å²) in [6.07, 6.45) is 4.90. The SMILES string of the molecule is COc1ccc(Nc2ccc(C(=O)NCc3ccncc3)cn2)cc1Cl. The van der Waals surface area contributed by atoms with Crippen molar-refractivity contribution in [3.05, 3.63) is 77.2 Å². The van der Waals surface area contributed by atoms with E-state index in [1.54, 1.807) is 43.8 Å². The molecule has 0 aliphatic carbocycles. The van der Waals surface area contributed by atoms with Crippen LogP contribution in [0.1, 0.15) is 15.9 Å². The molecular weight excluding hydrogens is 352 g/mol. The molecule has 6 nitrogen and oxygen atoms in total. The maximum atomic E-state index is 12.2. The van der Waals surface area contributed by atoms with Crippen molar-refractivity contribution in [2.24, 2.45) is 0 Å². The minimum Gasteiger partial charge on any atom is -0.495 e. The summed E-state index contributed by atoms with van der Waals surface area (Å²) in [7, 11) is 1.56. The minimum atomic E-state index is -0.187. The summed E-state index contributed by atoms with van der Waals surface area (Å²) in [4.78, 5) is 20.4. The van der Waals surface area contributed by atoms with Crippen molar-refractivity contribution in [1.29, 1.82) is 0 Å². The van der Waals surface area contributed by atoms with E-state index >= 15 is 0 Å². The molecule has 0 spiro atoms. The number of benzene rings is 1. The van der Waals surface area contributed by atoms with Gasteiger partial charge < -0.3 is 15.4 Å². The Labute approximate surface area is 156 Å². The predicted octanol–water partition coefficient (Wildman–Crippen LogP) is 3.81. The number of amides is 1. The highest BCUT2D eigenvalue weighted by Crippen LogP contribution is 2.28. The number of halogens is 1. The van der Waals surface area contributed by atoms with Crippen LogP contribution in [0.2, 0.25) is 5.02 Å². The quantitative estimate of drug-likeness (QED) is 0.691. The van der Waals surface area contributed by atoms with Gasteiger partial charge in [-0.15, -0.1) is 0 Å². The molecule has 0 bridgehead atoms. The third kappa shape index (κ3) is 4.49. The normalized spacial score (nSPS) is 10.2. The fraction of sp³-hybridized carbons (Fsp3) is 0.105. The first-order valence-electron chi connectivity index (χ1n) is 7.89. The number of rotatable bonds is 6. The van der Waals surface area contributed by atoms with E-state index in [1.807, 2.05) is 18.2 Å². The third-order valence-corrected chi connectivity index (χ3v) is 3.95. The lowest BCUT2D eigenvalue weighted by molar-refractivity contribution is 0.0950. The number of methoxy groups -OCH3 is 1. The summed E-state index contributed by atoms with van der Waals surface area (Å²) in [6.45, 7) is 0.436. The Morgan fingerprint density at radius 2 is 1.96 bits per heavy atom. The topological polar surface area (TPSA) is 76.1 Å². The van der Waals surface area contributed by atoms with Crippen LogP contribution in [0.5, 0.6) is 5.75 Å². The summed E-state index contributed by atoms with van der Waals surface area (Å²) >= 11 is 6.11. The summed E-state index contributed by atoms with van der Waals surface area (Å²) in [5.74, 6) is 1.02. The van der Waals surface area contributed by atoms with Crippen LogP contribution in [0, 0.1) is 0 Å². The molecule has 2 aromatic heterocycles. The Hall–Kier alpha value is -3.12. The highest BCUT2D eigenvalue weighted by Gasteiger charge is 2.07. The maximum Gasteiger partial charge on any atom is 0.253 e. The second-order valence-corrected chi connectivity index (χ2v) is 5.85. The lowest BCUT2D eigenvalue weighted by Gasteiger charge is -2.09. The standard InChI is InChI=1S/C19H17ClN4O2/c1-26-17-4-3-15(10-16(17)20)24-18-5-2-14(12-22-18)19(25)23-11-13-6-8-21-9-7-13/h2-10,12H,11H2,1H3,(H,22,24)(H,23,25).